The molecule has 0 fully saturated rings. The zero-order chi connectivity index (χ0) is 25.0. The highest BCUT2D eigenvalue weighted by atomic mass is 32.2. The topological polar surface area (TPSA) is 214 Å². The van der Waals surface area contributed by atoms with E-state index in [1.165, 1.54) is 11.8 Å². The summed E-state index contributed by atoms with van der Waals surface area (Å²) in [6.07, 6.45) is 0.402. The van der Waals surface area contributed by atoms with Gasteiger partial charge in [-0.1, -0.05) is 13.8 Å². The normalized spacial score (nSPS) is 15.7. The maximum Gasteiger partial charge on any atom is 0.328 e. The summed E-state index contributed by atoms with van der Waals surface area (Å²) in [4.78, 5) is 60.3. The summed E-state index contributed by atoms with van der Waals surface area (Å²) < 4.78 is 0. The number of aliphatic carboxylic acids is 1. The number of hydrogen-bond donors (Lipinski definition) is 7. The van der Waals surface area contributed by atoms with E-state index in [1.807, 2.05) is 20.1 Å². The molecule has 13 heteroatoms. The molecular formula is C19H35N5O7S. The van der Waals surface area contributed by atoms with E-state index in [2.05, 4.69) is 16.0 Å². The van der Waals surface area contributed by atoms with Crippen molar-refractivity contribution in [1.82, 2.24) is 16.0 Å². The summed E-state index contributed by atoms with van der Waals surface area (Å²) >= 11 is 1.44. The van der Waals surface area contributed by atoms with Gasteiger partial charge in [-0.15, -0.1) is 0 Å². The summed E-state index contributed by atoms with van der Waals surface area (Å²) in [5, 5.41) is 25.6. The van der Waals surface area contributed by atoms with Crippen LogP contribution in [0, 0.1) is 5.92 Å². The third kappa shape index (κ3) is 11.3. The van der Waals surface area contributed by atoms with Crippen LogP contribution in [0.15, 0.2) is 0 Å². The average Bonchev–Trinajstić information content (AvgIpc) is 2.66. The van der Waals surface area contributed by atoms with Gasteiger partial charge >= 0.3 is 5.97 Å². The first-order valence-corrected chi connectivity index (χ1v) is 11.5. The number of carboxylic acid groups (broad SMARTS) is 1. The van der Waals surface area contributed by atoms with Crippen LogP contribution >= 0.6 is 11.8 Å². The highest BCUT2D eigenvalue weighted by molar-refractivity contribution is 7.98. The lowest BCUT2D eigenvalue weighted by atomic mass is 10.0. The Hall–Kier alpha value is -2.38. The third-order valence-corrected chi connectivity index (χ3v) is 5.03. The highest BCUT2D eigenvalue weighted by Gasteiger charge is 2.32. The van der Waals surface area contributed by atoms with Gasteiger partial charge in [-0.05, 0) is 37.7 Å². The van der Waals surface area contributed by atoms with Crippen LogP contribution in [0.2, 0.25) is 0 Å². The second-order valence-corrected chi connectivity index (χ2v) is 8.86. The van der Waals surface area contributed by atoms with Crippen LogP contribution in [0.5, 0.6) is 0 Å². The predicted octanol–water partition coefficient (Wildman–Crippen LogP) is -2.09. The molecule has 0 aliphatic carbocycles. The summed E-state index contributed by atoms with van der Waals surface area (Å²) in [5.74, 6) is -4.05. The Kier molecular flexibility index (Phi) is 13.5. The molecule has 0 aliphatic heterocycles. The van der Waals surface area contributed by atoms with Crippen molar-refractivity contribution >= 4 is 41.4 Å². The van der Waals surface area contributed by atoms with E-state index in [9.17, 15) is 29.1 Å². The lowest BCUT2D eigenvalue weighted by Gasteiger charge is -2.25. The van der Waals surface area contributed by atoms with E-state index in [-0.39, 0.29) is 12.3 Å². The van der Waals surface area contributed by atoms with Crippen LogP contribution in [0.25, 0.3) is 0 Å². The fourth-order valence-corrected chi connectivity index (χ4v) is 3.19. The van der Waals surface area contributed by atoms with E-state index in [1.54, 1.807) is 0 Å². The average molecular weight is 478 g/mol. The number of aliphatic hydroxyl groups is 1. The molecule has 12 nitrogen and oxygen atoms in total. The molecule has 0 radical (unpaired) electrons. The van der Waals surface area contributed by atoms with E-state index in [0.717, 1.165) is 6.92 Å². The monoisotopic (exact) mass is 477 g/mol. The Balaban J connectivity index is 5.46. The Morgan fingerprint density at radius 3 is 1.91 bits per heavy atom. The highest BCUT2D eigenvalue weighted by Crippen LogP contribution is 2.07. The van der Waals surface area contributed by atoms with Crippen LogP contribution in [0.3, 0.4) is 0 Å². The van der Waals surface area contributed by atoms with Gasteiger partial charge in [0.05, 0.1) is 18.6 Å². The van der Waals surface area contributed by atoms with Crippen LogP contribution in [-0.2, 0) is 24.0 Å². The first-order chi connectivity index (χ1) is 14.8. The number of aliphatic hydroxyl groups excluding tert-OH is 1. The van der Waals surface area contributed by atoms with E-state index < -0.39 is 66.3 Å². The summed E-state index contributed by atoms with van der Waals surface area (Å²) in [5.41, 5.74) is 11.0. The lowest BCUT2D eigenvalue weighted by molar-refractivity contribution is -0.145. The van der Waals surface area contributed by atoms with E-state index in [4.69, 9.17) is 16.6 Å². The third-order valence-electron chi connectivity index (χ3n) is 4.39. The molecule has 0 rings (SSSR count). The number of carbonyl (C=O) groups is 5. The standard InChI is InChI=1S/C19H35N5O7S/c1-9(2)7-11(20)16(27)22-12(5-6-32-4)17(28)23-13(8-14(21)26)18(29)24-15(10(3)25)19(30)31/h9-13,15,25H,5-8,20H2,1-4H3,(H2,21,26)(H,22,27)(H,23,28)(H,24,29)(H,30,31). The molecule has 0 bridgehead atoms. The van der Waals surface area contributed by atoms with Crippen molar-refractivity contribution < 1.29 is 34.2 Å². The van der Waals surface area contributed by atoms with Crippen molar-refractivity contribution in [1.29, 1.82) is 0 Å². The van der Waals surface area contributed by atoms with E-state index in [0.29, 0.717) is 12.2 Å². The van der Waals surface area contributed by atoms with Crippen molar-refractivity contribution in [2.75, 3.05) is 12.0 Å². The van der Waals surface area contributed by atoms with Gasteiger partial charge in [0.25, 0.3) is 0 Å². The first-order valence-electron chi connectivity index (χ1n) is 10.1. The van der Waals surface area contributed by atoms with Gasteiger partial charge in [0.15, 0.2) is 6.04 Å². The minimum atomic E-state index is -1.66. The molecule has 32 heavy (non-hydrogen) atoms. The van der Waals surface area contributed by atoms with Crippen molar-refractivity contribution in [2.45, 2.75) is 70.3 Å². The number of primary amides is 1. The molecule has 0 saturated carbocycles. The number of nitrogens with two attached hydrogens (primary N) is 2. The van der Waals surface area contributed by atoms with Crippen LogP contribution in [-0.4, -0.2) is 82.1 Å². The second kappa shape index (κ2) is 14.6. The number of carbonyl (C=O) groups excluding carboxylic acids is 4. The molecule has 184 valence electrons. The number of hydrogen-bond acceptors (Lipinski definition) is 8. The number of rotatable bonds is 15. The first kappa shape index (κ1) is 29.6. The zero-order valence-corrected chi connectivity index (χ0v) is 19.6. The van der Waals surface area contributed by atoms with Crippen molar-refractivity contribution in [3.63, 3.8) is 0 Å². The molecule has 0 aromatic heterocycles. The molecule has 0 spiro atoms. The van der Waals surface area contributed by atoms with Crippen molar-refractivity contribution in [2.24, 2.45) is 17.4 Å². The van der Waals surface area contributed by atoms with Crippen LogP contribution in [0.4, 0.5) is 0 Å². The number of amides is 4. The fraction of sp³-hybridized carbons (Fsp3) is 0.737. The molecule has 9 N–H and O–H groups in total. The van der Waals surface area contributed by atoms with Gasteiger partial charge in [0.1, 0.15) is 12.1 Å². The largest absolute Gasteiger partial charge is 0.480 e. The molecule has 5 atom stereocenters. The predicted molar refractivity (Wildman–Crippen MR) is 119 cm³/mol. The molecule has 0 aromatic carbocycles. The Bertz CT molecular complexity index is 674. The lowest BCUT2D eigenvalue weighted by Crippen LogP contribution is -2.59. The molecule has 5 unspecified atom stereocenters. The van der Waals surface area contributed by atoms with Crippen molar-refractivity contribution in [3.8, 4) is 0 Å². The smallest absolute Gasteiger partial charge is 0.328 e. The minimum Gasteiger partial charge on any atom is -0.480 e. The minimum absolute atomic E-state index is 0.161. The number of carboxylic acids is 1. The van der Waals surface area contributed by atoms with Gasteiger partial charge in [-0.3, -0.25) is 19.2 Å². The maximum absolute atomic E-state index is 12.8. The quantitative estimate of drug-likeness (QED) is 0.137. The van der Waals surface area contributed by atoms with Gasteiger partial charge in [0, 0.05) is 0 Å². The fourth-order valence-electron chi connectivity index (χ4n) is 2.72. The van der Waals surface area contributed by atoms with Crippen LogP contribution < -0.4 is 27.4 Å². The number of thioether (sulfide) groups is 1. The van der Waals surface area contributed by atoms with E-state index >= 15 is 0 Å². The molecule has 0 aromatic rings. The molecule has 0 aliphatic rings. The summed E-state index contributed by atoms with van der Waals surface area (Å²) in [7, 11) is 0. The zero-order valence-electron chi connectivity index (χ0n) is 18.8. The maximum atomic E-state index is 12.8. The van der Waals surface area contributed by atoms with Gasteiger partial charge in [-0.2, -0.15) is 11.8 Å². The van der Waals surface area contributed by atoms with Crippen LogP contribution in [0.1, 0.15) is 40.0 Å². The van der Waals surface area contributed by atoms with Gasteiger partial charge < -0.3 is 37.6 Å². The second-order valence-electron chi connectivity index (χ2n) is 7.88. The number of nitrogens with one attached hydrogen (secondary N) is 3. The molecule has 0 saturated heterocycles. The summed E-state index contributed by atoms with van der Waals surface area (Å²) in [6.45, 7) is 4.96. The Labute approximate surface area is 191 Å². The van der Waals surface area contributed by atoms with Crippen molar-refractivity contribution in [3.05, 3.63) is 0 Å². The van der Waals surface area contributed by atoms with Gasteiger partial charge in [-0.25, -0.2) is 4.79 Å². The Morgan fingerprint density at radius 2 is 1.47 bits per heavy atom. The molecule has 0 heterocycles. The molecular weight excluding hydrogens is 442 g/mol. The summed E-state index contributed by atoms with van der Waals surface area (Å²) in [6, 6.07) is -5.02. The molecule has 4 amide bonds. The SMILES string of the molecule is CSCCC(NC(=O)C(N)CC(C)C)C(=O)NC(CC(N)=O)C(=O)NC(C(=O)O)C(C)O. The Morgan fingerprint density at radius 1 is 0.938 bits per heavy atom. The van der Waals surface area contributed by atoms with Gasteiger partial charge in [0.2, 0.25) is 23.6 Å².